The van der Waals surface area contributed by atoms with Gasteiger partial charge in [0, 0.05) is 15.8 Å². The van der Waals surface area contributed by atoms with E-state index in [1.54, 1.807) is 4.90 Å². The summed E-state index contributed by atoms with van der Waals surface area (Å²) in [5.74, 6) is -0.278. The summed E-state index contributed by atoms with van der Waals surface area (Å²) in [4.78, 5) is 41.6. The molecule has 14 heteroatoms. The second-order valence-electron chi connectivity index (χ2n) is 9.97. The van der Waals surface area contributed by atoms with Gasteiger partial charge in [0.2, 0.25) is 5.91 Å². The van der Waals surface area contributed by atoms with Gasteiger partial charge in [0.15, 0.2) is 5.82 Å². The fraction of sp³-hybridized carbons (Fsp3) is 0.458. The summed E-state index contributed by atoms with van der Waals surface area (Å²) >= 11 is 2.58. The third-order valence-corrected chi connectivity index (χ3v) is 10.5. The van der Waals surface area contributed by atoms with Gasteiger partial charge in [-0.05, 0) is 67.8 Å². The number of primary amides is 2. The number of hydrogen-bond acceptors (Lipinski definition) is 10. The van der Waals surface area contributed by atoms with Gasteiger partial charge in [-0.25, -0.2) is 0 Å². The van der Waals surface area contributed by atoms with Crippen LogP contribution in [0.2, 0.25) is 0 Å². The quantitative estimate of drug-likeness (QED) is 0.289. The third kappa shape index (κ3) is 3.89. The maximum Gasteiger partial charge on any atom is 0.258 e. The zero-order chi connectivity index (χ0) is 26.6. The van der Waals surface area contributed by atoms with Crippen LogP contribution < -0.4 is 16.8 Å². The number of thiophene rings is 2. The number of aromatic nitrogens is 4. The second kappa shape index (κ2) is 9.26. The number of tetrazole rings is 1. The van der Waals surface area contributed by atoms with Crippen molar-refractivity contribution >= 4 is 40.4 Å². The topological polar surface area (TPSA) is 197 Å². The Hall–Kier alpha value is -3.67. The number of carbonyl (C=O) groups is 3. The van der Waals surface area contributed by atoms with Crippen LogP contribution in [0.3, 0.4) is 0 Å². The SMILES string of the molecule is N#CC1C[C@@H]2C[C@@H]2N1C(=O)CNCCC1(c2nn[nH]n2)c2sc(C(N)=O)cc2CCc2cc(C(N)=O)sc21. The molecule has 1 unspecified atom stereocenters. The molecule has 4 heterocycles. The molecule has 12 nitrogen and oxygen atoms in total. The molecule has 0 aromatic carbocycles. The first-order valence-corrected chi connectivity index (χ1v) is 14.0. The number of hydrogen-bond donors (Lipinski definition) is 4. The second-order valence-corrected chi connectivity index (χ2v) is 12.1. The number of likely N-dealkylation sites (tertiary alicyclic amines) is 1. The molecular formula is C24H25N9O3S2. The van der Waals surface area contributed by atoms with Gasteiger partial charge in [-0.3, -0.25) is 14.4 Å². The maximum absolute atomic E-state index is 13.0. The molecule has 1 saturated heterocycles. The van der Waals surface area contributed by atoms with Gasteiger partial charge in [0.25, 0.3) is 11.8 Å². The number of aromatic amines is 1. The average Bonchev–Trinajstić information content (AvgIpc) is 3.40. The zero-order valence-corrected chi connectivity index (χ0v) is 21.9. The Morgan fingerprint density at radius 1 is 1.13 bits per heavy atom. The molecule has 3 aromatic heterocycles. The Morgan fingerprint density at radius 2 is 1.79 bits per heavy atom. The number of H-pyrrole nitrogens is 1. The summed E-state index contributed by atoms with van der Waals surface area (Å²) in [6.07, 6.45) is 3.42. The maximum atomic E-state index is 13.0. The minimum atomic E-state index is -0.939. The molecule has 3 amide bonds. The van der Waals surface area contributed by atoms with E-state index in [1.807, 2.05) is 12.1 Å². The highest BCUT2D eigenvalue weighted by Gasteiger charge is 2.54. The van der Waals surface area contributed by atoms with Gasteiger partial charge in [-0.1, -0.05) is 5.21 Å². The molecular weight excluding hydrogens is 526 g/mol. The van der Waals surface area contributed by atoms with Gasteiger partial charge in [-0.15, -0.1) is 32.9 Å². The lowest BCUT2D eigenvalue weighted by molar-refractivity contribution is -0.131. The summed E-state index contributed by atoms with van der Waals surface area (Å²) in [7, 11) is 0. The minimum Gasteiger partial charge on any atom is -0.365 e. The number of nitrogens with zero attached hydrogens (tertiary/aromatic N) is 5. The van der Waals surface area contributed by atoms with Crippen LogP contribution in [0.1, 0.15) is 65.3 Å². The number of amides is 3. The first kappa shape index (κ1) is 24.7. The number of rotatable bonds is 8. The molecule has 2 aliphatic carbocycles. The van der Waals surface area contributed by atoms with E-state index in [-0.39, 0.29) is 24.5 Å². The molecule has 6 N–H and O–H groups in total. The van der Waals surface area contributed by atoms with Crippen molar-refractivity contribution in [3.8, 4) is 6.07 Å². The molecule has 3 aliphatic rings. The molecule has 6 rings (SSSR count). The normalized spacial score (nSPS) is 22.6. The summed E-state index contributed by atoms with van der Waals surface area (Å²) in [6, 6.07) is 5.72. The van der Waals surface area contributed by atoms with Crippen LogP contribution in [0, 0.1) is 17.2 Å². The number of carbonyl (C=O) groups excluding carboxylic acids is 3. The lowest BCUT2D eigenvalue weighted by atomic mass is 9.78. The number of aryl methyl sites for hydroxylation is 2. The van der Waals surface area contributed by atoms with Crippen LogP contribution >= 0.6 is 22.7 Å². The van der Waals surface area contributed by atoms with Crippen LogP contribution in [-0.2, 0) is 23.1 Å². The van der Waals surface area contributed by atoms with Gasteiger partial charge in [-0.2, -0.15) is 10.5 Å². The number of piperidine rings is 1. The molecule has 2 fully saturated rings. The standard InChI is InChI=1S/C24H25N9O3S2/c25-9-14-5-13-6-15(13)33(14)18(34)10-28-4-3-24(23-29-31-32-30-23)19-11(7-16(37-19)21(26)35)1-2-12-8-17(22(27)36)38-20(12)24/h7-8,13-15,28H,1-6,10H2,(H2,26,35)(H2,27,36)(H,29,30,31,32)/t13-,14?,15+/m1/s1. The van der Waals surface area contributed by atoms with E-state index in [0.717, 1.165) is 33.7 Å². The van der Waals surface area contributed by atoms with E-state index >= 15 is 0 Å². The van der Waals surface area contributed by atoms with Gasteiger partial charge >= 0.3 is 0 Å². The number of fused-ring (bicyclic) bond motifs is 3. The summed E-state index contributed by atoms with van der Waals surface area (Å²) in [6.45, 7) is 0.489. The fourth-order valence-corrected chi connectivity index (χ4v) is 8.58. The van der Waals surface area contributed by atoms with Crippen LogP contribution in [0.15, 0.2) is 12.1 Å². The fourth-order valence-electron chi connectivity index (χ4n) is 5.94. The van der Waals surface area contributed by atoms with Crippen LogP contribution in [0.4, 0.5) is 0 Å². The molecule has 196 valence electrons. The van der Waals surface area contributed by atoms with Crippen LogP contribution in [0.5, 0.6) is 0 Å². The highest BCUT2D eigenvalue weighted by Crippen LogP contribution is 2.51. The Morgan fingerprint density at radius 3 is 2.34 bits per heavy atom. The molecule has 1 saturated carbocycles. The largest absolute Gasteiger partial charge is 0.365 e. The van der Waals surface area contributed by atoms with E-state index in [9.17, 15) is 19.6 Å². The monoisotopic (exact) mass is 551 g/mol. The molecule has 38 heavy (non-hydrogen) atoms. The molecule has 0 radical (unpaired) electrons. The van der Waals surface area contributed by atoms with E-state index in [4.69, 9.17) is 11.5 Å². The summed E-state index contributed by atoms with van der Waals surface area (Å²) in [5.41, 5.74) is 12.3. The molecule has 0 spiro atoms. The van der Waals surface area contributed by atoms with Crippen molar-refractivity contribution < 1.29 is 14.4 Å². The molecule has 1 aliphatic heterocycles. The third-order valence-electron chi connectivity index (χ3n) is 7.76. The van der Waals surface area contributed by atoms with E-state index in [1.165, 1.54) is 22.7 Å². The predicted molar refractivity (Wildman–Crippen MR) is 137 cm³/mol. The molecule has 0 bridgehead atoms. The lowest BCUT2D eigenvalue weighted by Gasteiger charge is -2.30. The number of nitrogens with two attached hydrogens (primary N) is 2. The van der Waals surface area contributed by atoms with Crippen molar-refractivity contribution in [1.29, 1.82) is 5.26 Å². The van der Waals surface area contributed by atoms with Crippen molar-refractivity contribution in [3.05, 3.63) is 48.6 Å². The van der Waals surface area contributed by atoms with Crippen molar-refractivity contribution in [2.75, 3.05) is 13.1 Å². The van der Waals surface area contributed by atoms with E-state index in [2.05, 4.69) is 32.0 Å². The Balaban J connectivity index is 1.35. The number of nitrogens with one attached hydrogen (secondary N) is 2. The Kier molecular flexibility index (Phi) is 6.01. The van der Waals surface area contributed by atoms with Crippen LogP contribution in [0.25, 0.3) is 0 Å². The van der Waals surface area contributed by atoms with Gasteiger partial charge in [0.1, 0.15) is 11.5 Å². The molecule has 3 aromatic rings. The highest BCUT2D eigenvalue weighted by atomic mass is 32.1. The van der Waals surface area contributed by atoms with Gasteiger partial charge < -0.3 is 21.7 Å². The average molecular weight is 552 g/mol. The smallest absolute Gasteiger partial charge is 0.258 e. The van der Waals surface area contributed by atoms with Crippen molar-refractivity contribution in [1.82, 2.24) is 30.8 Å². The van der Waals surface area contributed by atoms with Crippen molar-refractivity contribution in [2.24, 2.45) is 17.4 Å². The Bertz CT molecular complexity index is 1410. The predicted octanol–water partition coefficient (Wildman–Crippen LogP) is 0.446. The minimum absolute atomic E-state index is 0.0864. The van der Waals surface area contributed by atoms with Crippen molar-refractivity contribution in [2.45, 2.75) is 49.6 Å². The van der Waals surface area contributed by atoms with Crippen molar-refractivity contribution in [3.63, 3.8) is 0 Å². The first-order valence-electron chi connectivity index (χ1n) is 12.3. The summed E-state index contributed by atoms with van der Waals surface area (Å²) < 4.78 is 0. The highest BCUT2D eigenvalue weighted by molar-refractivity contribution is 7.16. The van der Waals surface area contributed by atoms with Gasteiger partial charge in [0.05, 0.1) is 22.4 Å². The summed E-state index contributed by atoms with van der Waals surface area (Å²) in [5, 5.41) is 27.8. The van der Waals surface area contributed by atoms with Crippen LogP contribution in [-0.4, -0.2) is 68.4 Å². The first-order chi connectivity index (χ1) is 18.3. The molecule has 3 atom stereocenters. The lowest BCUT2D eigenvalue weighted by Crippen LogP contribution is -2.43. The zero-order valence-electron chi connectivity index (χ0n) is 20.3. The Labute approximate surface area is 225 Å². The number of nitriles is 1. The van der Waals surface area contributed by atoms with E-state index < -0.39 is 17.2 Å². The van der Waals surface area contributed by atoms with E-state index in [0.29, 0.717) is 47.3 Å².